The summed E-state index contributed by atoms with van der Waals surface area (Å²) < 4.78 is 18.2. The predicted octanol–water partition coefficient (Wildman–Crippen LogP) is 2.06. The van der Waals surface area contributed by atoms with E-state index in [0.717, 1.165) is 18.5 Å². The molecule has 1 amide bonds. The lowest BCUT2D eigenvalue weighted by molar-refractivity contribution is -0.136. The van der Waals surface area contributed by atoms with Gasteiger partial charge in [0.1, 0.15) is 5.82 Å². The van der Waals surface area contributed by atoms with Gasteiger partial charge in [0.15, 0.2) is 0 Å². The van der Waals surface area contributed by atoms with Crippen LogP contribution in [0.4, 0.5) is 4.39 Å². The molecule has 1 N–H and O–H groups in total. The lowest BCUT2D eigenvalue weighted by atomic mass is 10.1. The highest BCUT2D eigenvalue weighted by Crippen LogP contribution is 2.21. The Bertz CT molecular complexity index is 493. The van der Waals surface area contributed by atoms with Gasteiger partial charge >= 0.3 is 0 Å². The molecule has 1 aliphatic heterocycles. The molecule has 21 heavy (non-hydrogen) atoms. The lowest BCUT2D eigenvalue weighted by Crippen LogP contribution is -2.38. The summed E-state index contributed by atoms with van der Waals surface area (Å²) in [7, 11) is 1.60. The molecule has 4 nitrogen and oxygen atoms in total. The van der Waals surface area contributed by atoms with Gasteiger partial charge in [-0.25, -0.2) is 4.39 Å². The Balaban J connectivity index is 2.09. The van der Waals surface area contributed by atoms with Crippen LogP contribution in [0.15, 0.2) is 18.2 Å². The largest absolute Gasteiger partial charge is 0.383 e. The van der Waals surface area contributed by atoms with Crippen molar-refractivity contribution < 1.29 is 13.9 Å². The maximum absolute atomic E-state index is 13.1. The Morgan fingerprint density at radius 3 is 3.00 bits per heavy atom. The smallest absolute Gasteiger partial charge is 0.227 e. The fraction of sp³-hybridized carbons (Fsp3) is 0.533. The van der Waals surface area contributed by atoms with Crippen LogP contribution >= 0.6 is 11.6 Å². The number of rotatable bonds is 6. The highest BCUT2D eigenvalue weighted by atomic mass is 35.5. The van der Waals surface area contributed by atoms with E-state index in [0.29, 0.717) is 31.3 Å². The number of hydrogen-bond donors (Lipinski definition) is 1. The third-order valence-electron chi connectivity index (χ3n) is 3.66. The monoisotopic (exact) mass is 314 g/mol. The molecule has 1 fully saturated rings. The molecule has 0 aromatic heterocycles. The van der Waals surface area contributed by atoms with E-state index < -0.39 is 0 Å². The maximum atomic E-state index is 13.1. The summed E-state index contributed by atoms with van der Waals surface area (Å²) in [6, 6.07) is 4.25. The van der Waals surface area contributed by atoms with Crippen LogP contribution in [0.5, 0.6) is 0 Å². The zero-order valence-electron chi connectivity index (χ0n) is 12.1. The molecule has 2 rings (SSSR count). The van der Waals surface area contributed by atoms with Crippen LogP contribution < -0.4 is 5.32 Å². The number of carbonyl (C=O) groups is 1. The first-order valence-electron chi connectivity index (χ1n) is 7.04. The number of methoxy groups -OCH3 is 1. The topological polar surface area (TPSA) is 41.6 Å². The fourth-order valence-electron chi connectivity index (χ4n) is 2.45. The molecule has 6 heteroatoms. The van der Waals surface area contributed by atoms with Crippen molar-refractivity contribution >= 4 is 17.5 Å². The number of benzene rings is 1. The summed E-state index contributed by atoms with van der Waals surface area (Å²) in [5.41, 5.74) is 0.744. The molecule has 1 aromatic rings. The number of nitrogens with zero attached hydrogens (tertiary/aromatic N) is 1. The summed E-state index contributed by atoms with van der Waals surface area (Å²) >= 11 is 6.05. The van der Waals surface area contributed by atoms with E-state index >= 15 is 0 Å². The normalized spacial score (nSPS) is 18.0. The number of nitrogens with one attached hydrogen (secondary N) is 1. The van der Waals surface area contributed by atoms with E-state index in [-0.39, 0.29) is 17.6 Å². The average Bonchev–Trinajstić information content (AvgIpc) is 2.99. The van der Waals surface area contributed by atoms with Gasteiger partial charge in [0.25, 0.3) is 0 Å². The molecular formula is C15H20ClFN2O2. The zero-order chi connectivity index (χ0) is 15.2. The van der Waals surface area contributed by atoms with Gasteiger partial charge in [-0.15, -0.1) is 0 Å². The van der Waals surface area contributed by atoms with Gasteiger partial charge in [-0.3, -0.25) is 4.79 Å². The highest BCUT2D eigenvalue weighted by Gasteiger charge is 2.27. The van der Waals surface area contributed by atoms with E-state index in [4.69, 9.17) is 16.3 Å². The summed E-state index contributed by atoms with van der Waals surface area (Å²) in [6.07, 6.45) is 0.847. The van der Waals surface area contributed by atoms with Gasteiger partial charge in [0.2, 0.25) is 5.91 Å². The minimum atomic E-state index is -0.376. The van der Waals surface area contributed by atoms with E-state index in [1.807, 2.05) is 0 Å². The first-order chi connectivity index (χ1) is 10.1. The van der Waals surface area contributed by atoms with Crippen LogP contribution in [-0.4, -0.2) is 44.2 Å². The van der Waals surface area contributed by atoms with Gasteiger partial charge in [0.05, 0.1) is 12.5 Å². The van der Waals surface area contributed by atoms with E-state index in [1.54, 1.807) is 18.1 Å². The second-order valence-corrected chi connectivity index (χ2v) is 5.59. The second-order valence-electron chi connectivity index (χ2n) is 5.18. The van der Waals surface area contributed by atoms with Crippen molar-refractivity contribution in [2.45, 2.75) is 13.0 Å². The minimum Gasteiger partial charge on any atom is -0.383 e. The maximum Gasteiger partial charge on any atom is 0.227 e. The molecule has 0 bridgehead atoms. The fourth-order valence-corrected chi connectivity index (χ4v) is 2.67. The first-order valence-corrected chi connectivity index (χ1v) is 7.42. The third-order valence-corrected chi connectivity index (χ3v) is 4.01. The molecule has 0 spiro atoms. The van der Waals surface area contributed by atoms with Crippen molar-refractivity contribution in [2.75, 3.05) is 33.4 Å². The third kappa shape index (κ3) is 4.40. The Hall–Kier alpha value is -1.17. The Morgan fingerprint density at radius 2 is 2.38 bits per heavy atom. The highest BCUT2D eigenvalue weighted by molar-refractivity contribution is 6.31. The van der Waals surface area contributed by atoms with Gasteiger partial charge in [0, 0.05) is 31.8 Å². The van der Waals surface area contributed by atoms with Gasteiger partial charge in [-0.2, -0.15) is 0 Å². The molecule has 0 aliphatic carbocycles. The zero-order valence-corrected chi connectivity index (χ0v) is 12.8. The quantitative estimate of drug-likeness (QED) is 0.874. The SMILES string of the molecule is COCCN(Cc1ccc(F)cc1Cl)C(=O)C1CCNC1. The van der Waals surface area contributed by atoms with Crippen LogP contribution in [0.3, 0.4) is 0 Å². The van der Waals surface area contributed by atoms with Crippen molar-refractivity contribution in [1.29, 1.82) is 0 Å². The average molecular weight is 315 g/mol. The number of halogens is 2. The Kier molecular flexibility index (Phi) is 5.96. The number of ether oxygens (including phenoxy) is 1. The molecule has 1 heterocycles. The number of amides is 1. The van der Waals surface area contributed by atoms with Crippen LogP contribution in [0.2, 0.25) is 5.02 Å². The number of carbonyl (C=O) groups excluding carboxylic acids is 1. The molecule has 1 aliphatic rings. The summed E-state index contributed by atoms with van der Waals surface area (Å²) in [6.45, 7) is 2.91. The summed E-state index contributed by atoms with van der Waals surface area (Å²) in [4.78, 5) is 14.3. The summed E-state index contributed by atoms with van der Waals surface area (Å²) in [5.74, 6) is -0.281. The second kappa shape index (κ2) is 7.73. The standard InChI is InChI=1S/C15H20ClFN2O2/c1-21-7-6-19(15(20)11-4-5-18-9-11)10-12-2-3-13(17)8-14(12)16/h2-3,8,11,18H,4-7,9-10H2,1H3. The van der Waals surface area contributed by atoms with Crippen LogP contribution in [0.25, 0.3) is 0 Å². The molecule has 1 aromatic carbocycles. The summed E-state index contributed by atoms with van der Waals surface area (Å²) in [5, 5.41) is 3.53. The lowest BCUT2D eigenvalue weighted by Gasteiger charge is -2.25. The van der Waals surface area contributed by atoms with Gasteiger partial charge in [-0.05, 0) is 30.7 Å². The van der Waals surface area contributed by atoms with Crippen molar-refractivity contribution in [3.63, 3.8) is 0 Å². The molecule has 0 radical (unpaired) electrons. The van der Waals surface area contributed by atoms with Crippen molar-refractivity contribution in [2.24, 2.45) is 5.92 Å². The minimum absolute atomic E-state index is 0.001000. The van der Waals surface area contributed by atoms with Crippen molar-refractivity contribution in [3.05, 3.63) is 34.6 Å². The van der Waals surface area contributed by atoms with Gasteiger partial charge in [-0.1, -0.05) is 17.7 Å². The van der Waals surface area contributed by atoms with Gasteiger partial charge < -0.3 is 15.0 Å². The van der Waals surface area contributed by atoms with E-state index in [1.165, 1.54) is 12.1 Å². The van der Waals surface area contributed by atoms with Crippen LogP contribution in [0.1, 0.15) is 12.0 Å². The first kappa shape index (κ1) is 16.2. The molecule has 1 atom stereocenters. The van der Waals surface area contributed by atoms with Crippen LogP contribution in [-0.2, 0) is 16.1 Å². The molecule has 1 unspecified atom stereocenters. The van der Waals surface area contributed by atoms with Crippen LogP contribution in [0, 0.1) is 11.7 Å². The molecule has 116 valence electrons. The predicted molar refractivity (Wildman–Crippen MR) is 79.7 cm³/mol. The Morgan fingerprint density at radius 1 is 1.57 bits per heavy atom. The molecule has 1 saturated heterocycles. The Labute approximate surface area is 129 Å². The van der Waals surface area contributed by atoms with Crippen molar-refractivity contribution in [3.8, 4) is 0 Å². The van der Waals surface area contributed by atoms with E-state index in [9.17, 15) is 9.18 Å². The van der Waals surface area contributed by atoms with E-state index in [2.05, 4.69) is 5.32 Å². The number of hydrogen-bond acceptors (Lipinski definition) is 3. The van der Waals surface area contributed by atoms with Crippen molar-refractivity contribution in [1.82, 2.24) is 10.2 Å². The molecular weight excluding hydrogens is 295 g/mol. The molecule has 0 saturated carbocycles.